The zero-order chi connectivity index (χ0) is 9.26. The van der Waals surface area contributed by atoms with Crippen LogP contribution < -0.4 is 16.6 Å². The molecule has 1 atom stereocenters. The highest BCUT2D eigenvalue weighted by atomic mass is 32.1. The number of thiocarbonyl (C=S) groups is 1. The molecule has 1 aliphatic carbocycles. The number of nitrogens with one attached hydrogen (secondary N) is 2. The van der Waals surface area contributed by atoms with E-state index in [4.69, 9.17) is 18.1 Å². The van der Waals surface area contributed by atoms with Crippen LogP contribution in [0.3, 0.4) is 0 Å². The second-order valence-corrected chi connectivity index (χ2v) is 4.24. The Morgan fingerprint density at radius 3 is 2.77 bits per heavy atom. The molecule has 5 heteroatoms. The van der Waals surface area contributed by atoms with Crippen molar-refractivity contribution >= 4 is 17.3 Å². The lowest BCUT2D eigenvalue weighted by atomic mass is 10.3. The molecule has 2 fully saturated rings. The number of hydrazine groups is 1. The van der Waals surface area contributed by atoms with Gasteiger partial charge in [-0.1, -0.05) is 0 Å². The van der Waals surface area contributed by atoms with Crippen molar-refractivity contribution in [3.05, 3.63) is 0 Å². The number of rotatable bonds is 2. The number of nitrogens with two attached hydrogens (primary N) is 1. The van der Waals surface area contributed by atoms with Gasteiger partial charge in [-0.05, 0) is 31.5 Å². The predicted molar refractivity (Wildman–Crippen MR) is 56.1 cm³/mol. The molecule has 1 aliphatic heterocycles. The Hall–Kier alpha value is -0.390. The summed E-state index contributed by atoms with van der Waals surface area (Å²) in [5.41, 5.74) is 2.45. The first kappa shape index (κ1) is 9.18. The Morgan fingerprint density at radius 2 is 2.15 bits per heavy atom. The first-order valence-corrected chi connectivity index (χ1v) is 5.21. The van der Waals surface area contributed by atoms with Crippen molar-refractivity contribution < 1.29 is 0 Å². The van der Waals surface area contributed by atoms with Crippen LogP contribution >= 0.6 is 12.2 Å². The topological polar surface area (TPSA) is 53.3 Å². The van der Waals surface area contributed by atoms with Gasteiger partial charge in [0.1, 0.15) is 0 Å². The maximum absolute atomic E-state index is 5.19. The highest BCUT2D eigenvalue weighted by molar-refractivity contribution is 7.80. The van der Waals surface area contributed by atoms with Crippen LogP contribution in [0.4, 0.5) is 0 Å². The van der Waals surface area contributed by atoms with Gasteiger partial charge in [-0.15, -0.1) is 0 Å². The zero-order valence-corrected chi connectivity index (χ0v) is 8.44. The lowest BCUT2D eigenvalue weighted by molar-refractivity contribution is 0.321. The van der Waals surface area contributed by atoms with Crippen LogP contribution in [0.1, 0.15) is 19.3 Å². The second-order valence-electron chi connectivity index (χ2n) is 3.83. The van der Waals surface area contributed by atoms with Crippen LogP contribution in [0.15, 0.2) is 0 Å². The van der Waals surface area contributed by atoms with Gasteiger partial charge in [-0.3, -0.25) is 4.90 Å². The molecule has 1 unspecified atom stereocenters. The normalized spacial score (nSPS) is 28.8. The Kier molecular flexibility index (Phi) is 2.66. The average molecular weight is 200 g/mol. The van der Waals surface area contributed by atoms with Gasteiger partial charge in [0.15, 0.2) is 5.11 Å². The number of hydrogen-bond donors (Lipinski definition) is 3. The van der Waals surface area contributed by atoms with Crippen molar-refractivity contribution in [3.63, 3.8) is 0 Å². The van der Waals surface area contributed by atoms with Crippen LogP contribution in [-0.4, -0.2) is 35.2 Å². The van der Waals surface area contributed by atoms with E-state index in [1.807, 2.05) is 0 Å². The summed E-state index contributed by atoms with van der Waals surface area (Å²) in [6.45, 7) is 2.32. The Balaban J connectivity index is 1.74. The number of hydrogen-bond acceptors (Lipinski definition) is 3. The monoisotopic (exact) mass is 200 g/mol. The highest BCUT2D eigenvalue weighted by Crippen LogP contribution is 2.29. The second kappa shape index (κ2) is 3.77. The van der Waals surface area contributed by atoms with Crippen molar-refractivity contribution in [3.8, 4) is 0 Å². The third-order valence-electron chi connectivity index (χ3n) is 2.75. The first-order chi connectivity index (χ1) is 6.29. The molecule has 13 heavy (non-hydrogen) atoms. The van der Waals surface area contributed by atoms with Gasteiger partial charge in [0.2, 0.25) is 0 Å². The van der Waals surface area contributed by atoms with Gasteiger partial charge >= 0.3 is 0 Å². The molecule has 4 nitrogen and oxygen atoms in total. The minimum Gasteiger partial charge on any atom is -0.358 e. The Morgan fingerprint density at radius 1 is 1.38 bits per heavy atom. The molecule has 1 heterocycles. The molecule has 1 saturated heterocycles. The first-order valence-electron chi connectivity index (χ1n) is 4.81. The molecule has 0 radical (unpaired) electrons. The van der Waals surface area contributed by atoms with Crippen LogP contribution in [0, 0.1) is 0 Å². The van der Waals surface area contributed by atoms with E-state index >= 15 is 0 Å². The fourth-order valence-electron chi connectivity index (χ4n) is 1.90. The summed E-state index contributed by atoms with van der Waals surface area (Å²) in [6.07, 6.45) is 3.94. The smallest absolute Gasteiger partial charge is 0.180 e. The van der Waals surface area contributed by atoms with E-state index in [1.165, 1.54) is 25.8 Å². The Labute approximate surface area is 83.8 Å². The third-order valence-corrected chi connectivity index (χ3v) is 2.98. The third kappa shape index (κ3) is 2.30. The summed E-state index contributed by atoms with van der Waals surface area (Å²) >= 11 is 4.95. The van der Waals surface area contributed by atoms with Gasteiger partial charge in [0.25, 0.3) is 0 Å². The summed E-state index contributed by atoms with van der Waals surface area (Å²) < 4.78 is 0. The highest BCUT2D eigenvalue weighted by Gasteiger charge is 2.34. The van der Waals surface area contributed by atoms with Gasteiger partial charge < -0.3 is 10.7 Å². The molecule has 74 valence electrons. The fraction of sp³-hybridized carbons (Fsp3) is 0.875. The summed E-state index contributed by atoms with van der Waals surface area (Å²) in [5.74, 6) is 5.19. The van der Waals surface area contributed by atoms with Crippen LogP contribution in [0.2, 0.25) is 0 Å². The van der Waals surface area contributed by atoms with E-state index in [1.54, 1.807) is 0 Å². The summed E-state index contributed by atoms with van der Waals surface area (Å²) in [4.78, 5) is 2.54. The van der Waals surface area contributed by atoms with Crippen LogP contribution in [0.5, 0.6) is 0 Å². The van der Waals surface area contributed by atoms with Gasteiger partial charge in [-0.2, -0.15) is 0 Å². The van der Waals surface area contributed by atoms with E-state index in [0.717, 1.165) is 12.6 Å². The number of nitrogens with zero attached hydrogens (tertiary/aromatic N) is 1. The molecule has 2 aliphatic rings. The quantitative estimate of drug-likeness (QED) is 0.320. The molecule has 1 saturated carbocycles. The van der Waals surface area contributed by atoms with E-state index < -0.39 is 0 Å². The zero-order valence-electron chi connectivity index (χ0n) is 7.62. The summed E-state index contributed by atoms with van der Waals surface area (Å²) in [6, 6.07) is 1.36. The molecule has 0 aromatic carbocycles. The van der Waals surface area contributed by atoms with E-state index in [0.29, 0.717) is 11.2 Å². The van der Waals surface area contributed by atoms with Crippen LogP contribution in [0.25, 0.3) is 0 Å². The lowest BCUT2D eigenvalue weighted by Crippen LogP contribution is -2.45. The van der Waals surface area contributed by atoms with Gasteiger partial charge in [0, 0.05) is 25.2 Å². The average Bonchev–Trinajstić information content (AvgIpc) is 2.88. The predicted octanol–water partition coefficient (Wildman–Crippen LogP) is -0.439. The van der Waals surface area contributed by atoms with Gasteiger partial charge in [0.05, 0.1) is 0 Å². The molecular formula is C8H16N4S. The van der Waals surface area contributed by atoms with Crippen molar-refractivity contribution in [2.45, 2.75) is 31.3 Å². The van der Waals surface area contributed by atoms with Crippen molar-refractivity contribution in [1.29, 1.82) is 0 Å². The molecule has 4 N–H and O–H groups in total. The minimum absolute atomic E-state index is 0.490. The Bertz CT molecular complexity index is 204. The van der Waals surface area contributed by atoms with Crippen molar-refractivity contribution in [2.75, 3.05) is 13.1 Å². The molecule has 0 aromatic heterocycles. The molecule has 0 spiro atoms. The molecule has 0 bridgehead atoms. The summed E-state index contributed by atoms with van der Waals surface area (Å²) in [5, 5.41) is 3.75. The molecule has 0 aromatic rings. The SMILES string of the molecule is NNC(=S)NC1CCN(C2CC2)C1. The standard InChI is InChI=1S/C8H16N4S/c9-11-8(13)10-6-3-4-12(5-6)7-1-2-7/h6-7H,1-5,9H2,(H2,10,11,13). The van der Waals surface area contributed by atoms with E-state index in [-0.39, 0.29) is 0 Å². The summed E-state index contributed by atoms with van der Waals surface area (Å²) in [7, 11) is 0. The maximum atomic E-state index is 5.19. The minimum atomic E-state index is 0.490. The molecular weight excluding hydrogens is 184 g/mol. The van der Waals surface area contributed by atoms with Crippen molar-refractivity contribution in [2.24, 2.45) is 5.84 Å². The van der Waals surface area contributed by atoms with Crippen LogP contribution in [-0.2, 0) is 0 Å². The largest absolute Gasteiger partial charge is 0.358 e. The fourth-order valence-corrected chi connectivity index (χ4v) is 2.07. The lowest BCUT2D eigenvalue weighted by Gasteiger charge is -2.16. The number of likely N-dealkylation sites (tertiary alicyclic amines) is 1. The maximum Gasteiger partial charge on any atom is 0.180 e. The molecule has 0 amide bonds. The van der Waals surface area contributed by atoms with E-state index in [9.17, 15) is 0 Å². The van der Waals surface area contributed by atoms with Crippen molar-refractivity contribution in [1.82, 2.24) is 15.6 Å². The van der Waals surface area contributed by atoms with E-state index in [2.05, 4.69) is 15.6 Å². The molecule has 2 rings (SSSR count). The van der Waals surface area contributed by atoms with Gasteiger partial charge in [-0.25, -0.2) is 5.84 Å².